The lowest BCUT2D eigenvalue weighted by Gasteiger charge is -2.08. The number of benzene rings is 2. The van der Waals surface area contributed by atoms with E-state index >= 15 is 0 Å². The number of hydrogen-bond donors (Lipinski definition) is 4. The maximum atomic E-state index is 10.6. The van der Waals surface area contributed by atoms with Gasteiger partial charge in [-0.05, 0) is 29.3 Å². The summed E-state index contributed by atoms with van der Waals surface area (Å²) in [5.74, 6) is -1.31. The van der Waals surface area contributed by atoms with Crippen molar-refractivity contribution < 1.29 is 25.2 Å². The minimum Gasteiger partial charge on any atom is -0.508 e. The smallest absolute Gasteiger partial charge is 0.337 e. The summed E-state index contributed by atoms with van der Waals surface area (Å²) in [5.41, 5.74) is 1.28. The molecule has 1 unspecified atom stereocenters. The van der Waals surface area contributed by atoms with E-state index < -0.39 is 12.1 Å². The van der Waals surface area contributed by atoms with Crippen molar-refractivity contribution in [1.82, 2.24) is 0 Å². The number of rotatable bonds is 3. The minimum absolute atomic E-state index is 0.00401. The molecule has 0 aliphatic carbocycles. The molecule has 0 aliphatic rings. The topological polar surface area (TPSA) is 98.0 Å². The predicted octanol–water partition coefficient (Wildman–Crippen LogP) is 1.88. The van der Waals surface area contributed by atoms with Gasteiger partial charge in [-0.1, -0.05) is 24.3 Å². The van der Waals surface area contributed by atoms with Gasteiger partial charge in [0.2, 0.25) is 0 Å². The first kappa shape index (κ1) is 12.9. The maximum absolute atomic E-state index is 10.6. The summed E-state index contributed by atoms with van der Waals surface area (Å²) in [7, 11) is 0. The second kappa shape index (κ2) is 4.99. The molecule has 2 aromatic carbocycles. The van der Waals surface area contributed by atoms with E-state index in [1.807, 2.05) is 0 Å². The molecule has 0 saturated heterocycles. The number of carboxylic acid groups (broad SMARTS) is 1. The molecule has 0 fully saturated rings. The third kappa shape index (κ3) is 2.66. The van der Waals surface area contributed by atoms with Gasteiger partial charge in [-0.3, -0.25) is 0 Å². The van der Waals surface area contributed by atoms with Crippen LogP contribution in [0.15, 0.2) is 42.5 Å². The summed E-state index contributed by atoms with van der Waals surface area (Å²) in [6.45, 7) is 0. The first-order valence-corrected chi connectivity index (χ1v) is 5.52. The minimum atomic E-state index is -1.58. The van der Waals surface area contributed by atoms with Crippen molar-refractivity contribution in [1.29, 1.82) is 0 Å². The van der Waals surface area contributed by atoms with Crippen LogP contribution in [-0.2, 0) is 4.79 Å². The van der Waals surface area contributed by atoms with E-state index in [4.69, 9.17) is 5.11 Å². The largest absolute Gasteiger partial charge is 0.508 e. The quantitative estimate of drug-likeness (QED) is 0.632. The van der Waals surface area contributed by atoms with Gasteiger partial charge in [0.25, 0.3) is 0 Å². The van der Waals surface area contributed by atoms with Crippen LogP contribution in [0.5, 0.6) is 11.5 Å². The molecule has 5 heteroatoms. The summed E-state index contributed by atoms with van der Waals surface area (Å²) in [6, 6.07) is 10.2. The van der Waals surface area contributed by atoms with Crippen molar-refractivity contribution in [2.24, 2.45) is 0 Å². The van der Waals surface area contributed by atoms with Crippen LogP contribution < -0.4 is 0 Å². The summed E-state index contributed by atoms with van der Waals surface area (Å²) < 4.78 is 0. The van der Waals surface area contributed by atoms with E-state index in [0.717, 1.165) is 0 Å². The van der Waals surface area contributed by atoms with Crippen molar-refractivity contribution in [3.05, 3.63) is 48.0 Å². The van der Waals surface area contributed by atoms with Gasteiger partial charge in [0, 0.05) is 5.56 Å². The number of aliphatic hydroxyl groups excluding tert-OH is 1. The molecule has 0 aliphatic heterocycles. The molecule has 5 nitrogen and oxygen atoms in total. The Morgan fingerprint density at radius 1 is 1.00 bits per heavy atom. The number of aliphatic carboxylic acids is 1. The van der Waals surface area contributed by atoms with Crippen LogP contribution in [0, 0.1) is 0 Å². The normalized spacial score (nSPS) is 12.1. The van der Waals surface area contributed by atoms with Gasteiger partial charge < -0.3 is 20.4 Å². The van der Waals surface area contributed by atoms with E-state index in [9.17, 15) is 20.1 Å². The van der Waals surface area contributed by atoms with Crippen LogP contribution in [0.3, 0.4) is 0 Å². The molecule has 4 N–H and O–H groups in total. The Kier molecular flexibility index (Phi) is 3.39. The average molecular weight is 260 g/mol. The van der Waals surface area contributed by atoms with E-state index in [-0.39, 0.29) is 17.1 Å². The first-order valence-electron chi connectivity index (χ1n) is 5.52. The number of carbonyl (C=O) groups is 1. The van der Waals surface area contributed by atoms with Crippen molar-refractivity contribution in [2.45, 2.75) is 6.10 Å². The zero-order valence-electron chi connectivity index (χ0n) is 9.82. The lowest BCUT2D eigenvalue weighted by molar-refractivity contribution is -0.146. The number of aliphatic hydroxyl groups is 1. The van der Waals surface area contributed by atoms with Crippen LogP contribution in [0.25, 0.3) is 11.1 Å². The van der Waals surface area contributed by atoms with Crippen molar-refractivity contribution in [3.8, 4) is 22.6 Å². The Balaban J connectivity index is 2.37. The summed E-state index contributed by atoms with van der Waals surface area (Å²) in [6.07, 6.45) is -1.58. The molecule has 0 heterocycles. The van der Waals surface area contributed by atoms with Crippen LogP contribution in [0.4, 0.5) is 0 Å². The second-order valence-electron chi connectivity index (χ2n) is 4.06. The van der Waals surface area contributed by atoms with Crippen LogP contribution in [0.1, 0.15) is 11.7 Å². The standard InChI is InChI=1S/C14H12O5/c15-10-5-6-12(16)11(7-10)8-1-3-9(4-2-8)13(17)14(18)19/h1-7,13,15-17H,(H,18,19). The Morgan fingerprint density at radius 3 is 2.21 bits per heavy atom. The molecule has 19 heavy (non-hydrogen) atoms. The maximum Gasteiger partial charge on any atom is 0.337 e. The molecular weight excluding hydrogens is 248 g/mol. The molecule has 2 aromatic rings. The fourth-order valence-corrected chi connectivity index (χ4v) is 1.74. The third-order valence-corrected chi connectivity index (χ3v) is 2.75. The Bertz CT molecular complexity index is 604. The number of aromatic hydroxyl groups is 2. The van der Waals surface area contributed by atoms with E-state index in [1.54, 1.807) is 12.1 Å². The predicted molar refractivity (Wildman–Crippen MR) is 67.8 cm³/mol. The summed E-state index contributed by atoms with van der Waals surface area (Å²) in [4.78, 5) is 10.6. The van der Waals surface area contributed by atoms with E-state index in [0.29, 0.717) is 11.1 Å². The van der Waals surface area contributed by atoms with Gasteiger partial charge in [0.15, 0.2) is 6.10 Å². The Morgan fingerprint density at radius 2 is 1.63 bits per heavy atom. The molecule has 0 amide bonds. The lowest BCUT2D eigenvalue weighted by Crippen LogP contribution is -2.10. The Hall–Kier alpha value is -2.53. The van der Waals surface area contributed by atoms with Gasteiger partial charge in [-0.25, -0.2) is 4.79 Å². The van der Waals surface area contributed by atoms with Crippen LogP contribution >= 0.6 is 0 Å². The van der Waals surface area contributed by atoms with Gasteiger partial charge in [0.1, 0.15) is 11.5 Å². The SMILES string of the molecule is O=C(O)C(O)c1ccc(-c2cc(O)ccc2O)cc1. The van der Waals surface area contributed by atoms with Gasteiger partial charge in [-0.2, -0.15) is 0 Å². The zero-order valence-corrected chi connectivity index (χ0v) is 9.82. The summed E-state index contributed by atoms with van der Waals surface area (Å²) >= 11 is 0. The molecule has 0 saturated carbocycles. The van der Waals surface area contributed by atoms with Crippen molar-refractivity contribution in [2.75, 3.05) is 0 Å². The molecule has 2 rings (SSSR count). The average Bonchev–Trinajstić information content (AvgIpc) is 2.41. The van der Waals surface area contributed by atoms with Gasteiger partial charge >= 0.3 is 5.97 Å². The highest BCUT2D eigenvalue weighted by Crippen LogP contribution is 2.32. The summed E-state index contributed by atoms with van der Waals surface area (Å²) in [5, 5.41) is 37.1. The van der Waals surface area contributed by atoms with Crippen molar-refractivity contribution >= 4 is 5.97 Å². The van der Waals surface area contributed by atoms with Crippen molar-refractivity contribution in [3.63, 3.8) is 0 Å². The number of hydrogen-bond acceptors (Lipinski definition) is 4. The fraction of sp³-hybridized carbons (Fsp3) is 0.0714. The molecule has 0 radical (unpaired) electrons. The highest BCUT2D eigenvalue weighted by Gasteiger charge is 2.15. The molecule has 0 aromatic heterocycles. The monoisotopic (exact) mass is 260 g/mol. The van der Waals surface area contributed by atoms with Gasteiger partial charge in [0.05, 0.1) is 0 Å². The highest BCUT2D eigenvalue weighted by atomic mass is 16.4. The highest BCUT2D eigenvalue weighted by molar-refractivity contribution is 5.75. The molecule has 0 spiro atoms. The van der Waals surface area contributed by atoms with E-state index in [1.165, 1.54) is 30.3 Å². The Labute approximate surface area is 109 Å². The van der Waals surface area contributed by atoms with Crippen LogP contribution in [0.2, 0.25) is 0 Å². The number of carboxylic acids is 1. The van der Waals surface area contributed by atoms with E-state index in [2.05, 4.69) is 0 Å². The lowest BCUT2D eigenvalue weighted by atomic mass is 10.0. The second-order valence-corrected chi connectivity index (χ2v) is 4.06. The molecular formula is C14H12O5. The number of phenols is 2. The third-order valence-electron chi connectivity index (χ3n) is 2.75. The van der Waals surface area contributed by atoms with Crippen LogP contribution in [-0.4, -0.2) is 26.4 Å². The molecule has 98 valence electrons. The molecule has 0 bridgehead atoms. The first-order chi connectivity index (χ1) is 8.99. The fourth-order valence-electron chi connectivity index (χ4n) is 1.74. The van der Waals surface area contributed by atoms with Gasteiger partial charge in [-0.15, -0.1) is 0 Å². The zero-order chi connectivity index (χ0) is 14.0. The molecule has 1 atom stereocenters. The number of phenolic OH excluding ortho intramolecular Hbond substituents is 2.